The number of thiazole rings is 1. The van der Waals surface area contributed by atoms with Crippen LogP contribution in [0, 0.1) is 17.5 Å². The molecule has 0 radical (unpaired) electrons. The first-order valence-electron chi connectivity index (χ1n) is 9.58. The zero-order valence-electron chi connectivity index (χ0n) is 17.1. The van der Waals surface area contributed by atoms with E-state index >= 15 is 0 Å². The number of fused-ring (bicyclic) bond motifs is 1. The number of hydrogen-bond donors (Lipinski definition) is 0. The molecule has 1 heterocycles. The highest BCUT2D eigenvalue weighted by molar-refractivity contribution is 7.22. The molecule has 10 heteroatoms. The monoisotopic (exact) mass is 473 g/mol. The average molecular weight is 474 g/mol. The molecule has 168 valence electrons. The zero-order valence-corrected chi connectivity index (χ0v) is 18.7. The number of carbonyl (C=O) groups is 1. The first-order valence-corrected chi connectivity index (χ1v) is 10.4. The fourth-order valence-electron chi connectivity index (χ4n) is 2.92. The lowest BCUT2D eigenvalue weighted by Gasteiger charge is -2.24. The molecule has 3 rings (SSSR count). The van der Waals surface area contributed by atoms with Crippen molar-refractivity contribution in [2.24, 2.45) is 0 Å². The van der Waals surface area contributed by atoms with Gasteiger partial charge in [-0.3, -0.25) is 9.69 Å². The van der Waals surface area contributed by atoms with Crippen LogP contribution in [0.2, 0.25) is 0 Å². The molecule has 0 atom stereocenters. The molecule has 0 saturated heterocycles. The van der Waals surface area contributed by atoms with Crippen LogP contribution in [0.5, 0.6) is 5.75 Å². The van der Waals surface area contributed by atoms with Crippen LogP contribution in [-0.2, 0) is 4.79 Å². The average Bonchev–Trinajstić information content (AvgIpc) is 3.14. The molecule has 0 saturated carbocycles. The lowest BCUT2D eigenvalue weighted by atomic mass is 10.3. The number of benzene rings is 2. The van der Waals surface area contributed by atoms with E-state index in [4.69, 9.17) is 4.74 Å². The molecule has 0 aliphatic carbocycles. The number of rotatable bonds is 9. The molecule has 3 aromatic rings. The van der Waals surface area contributed by atoms with Gasteiger partial charge in [-0.15, -0.1) is 12.4 Å². The van der Waals surface area contributed by atoms with Crippen molar-refractivity contribution in [3.05, 3.63) is 53.8 Å². The third-order valence-electron chi connectivity index (χ3n) is 4.64. The summed E-state index contributed by atoms with van der Waals surface area (Å²) in [7, 11) is 0. The van der Waals surface area contributed by atoms with Crippen molar-refractivity contribution in [1.82, 2.24) is 9.88 Å². The minimum atomic E-state index is -0.772. The van der Waals surface area contributed by atoms with Crippen LogP contribution in [-0.4, -0.2) is 48.6 Å². The minimum absolute atomic E-state index is 0. The number of halogens is 4. The fourth-order valence-corrected chi connectivity index (χ4v) is 3.97. The summed E-state index contributed by atoms with van der Waals surface area (Å²) in [5.74, 6) is -1.90. The van der Waals surface area contributed by atoms with Gasteiger partial charge in [-0.05, 0) is 43.4 Å². The van der Waals surface area contributed by atoms with Crippen molar-refractivity contribution in [3.8, 4) is 5.75 Å². The first-order chi connectivity index (χ1) is 14.4. The first kappa shape index (κ1) is 24.9. The Bertz CT molecular complexity index is 1010. The largest absolute Gasteiger partial charge is 0.484 e. The van der Waals surface area contributed by atoms with E-state index in [0.717, 1.165) is 30.5 Å². The van der Waals surface area contributed by atoms with Gasteiger partial charge in [0.25, 0.3) is 5.91 Å². The third-order valence-corrected chi connectivity index (χ3v) is 5.67. The summed E-state index contributed by atoms with van der Waals surface area (Å²) in [4.78, 5) is 20.7. The van der Waals surface area contributed by atoms with E-state index in [1.165, 1.54) is 35.2 Å². The molecular weight excluding hydrogens is 451 g/mol. The second kappa shape index (κ2) is 11.3. The Balaban J connectivity index is 0.00000341. The number of aromatic nitrogens is 1. The number of anilines is 1. The van der Waals surface area contributed by atoms with Crippen molar-refractivity contribution >= 4 is 45.0 Å². The number of carbonyl (C=O) groups excluding carboxylic acids is 1. The number of amides is 1. The van der Waals surface area contributed by atoms with Crippen molar-refractivity contribution in [2.75, 3.05) is 37.7 Å². The Morgan fingerprint density at radius 2 is 1.71 bits per heavy atom. The minimum Gasteiger partial charge on any atom is -0.484 e. The van der Waals surface area contributed by atoms with E-state index in [2.05, 4.69) is 9.88 Å². The van der Waals surface area contributed by atoms with Gasteiger partial charge < -0.3 is 9.64 Å². The van der Waals surface area contributed by atoms with Gasteiger partial charge in [0, 0.05) is 19.2 Å². The summed E-state index contributed by atoms with van der Waals surface area (Å²) < 4.78 is 46.5. The van der Waals surface area contributed by atoms with Gasteiger partial charge in [-0.2, -0.15) is 0 Å². The highest BCUT2D eigenvalue weighted by atomic mass is 35.5. The summed E-state index contributed by atoms with van der Waals surface area (Å²) in [5, 5.41) is 0.273. The fraction of sp³-hybridized carbons (Fsp3) is 0.333. The normalized spacial score (nSPS) is 10.9. The SMILES string of the molecule is CCN(CC)CCN(C(=O)COc1ccc(F)cc1)c1nc2c(F)cc(F)cc2s1.Cl. The molecule has 0 spiro atoms. The van der Waals surface area contributed by atoms with Crippen LogP contribution in [0.4, 0.5) is 18.3 Å². The van der Waals surface area contributed by atoms with Gasteiger partial charge >= 0.3 is 0 Å². The smallest absolute Gasteiger partial charge is 0.266 e. The molecule has 2 aromatic carbocycles. The molecule has 1 aromatic heterocycles. The van der Waals surface area contributed by atoms with E-state index < -0.39 is 17.5 Å². The van der Waals surface area contributed by atoms with Crippen LogP contribution in [0.15, 0.2) is 36.4 Å². The topological polar surface area (TPSA) is 45.7 Å². The lowest BCUT2D eigenvalue weighted by Crippen LogP contribution is -2.41. The molecule has 0 bridgehead atoms. The maximum Gasteiger partial charge on any atom is 0.266 e. The highest BCUT2D eigenvalue weighted by Crippen LogP contribution is 2.31. The highest BCUT2D eigenvalue weighted by Gasteiger charge is 2.22. The predicted octanol–water partition coefficient (Wildman–Crippen LogP) is 4.89. The van der Waals surface area contributed by atoms with Crippen molar-refractivity contribution in [1.29, 1.82) is 0 Å². The van der Waals surface area contributed by atoms with Gasteiger partial charge in [0.05, 0.1) is 4.70 Å². The molecule has 31 heavy (non-hydrogen) atoms. The Hall–Kier alpha value is -2.36. The Labute approximate surface area is 188 Å². The van der Waals surface area contributed by atoms with Gasteiger partial charge in [0.15, 0.2) is 17.6 Å². The van der Waals surface area contributed by atoms with Gasteiger partial charge in [-0.25, -0.2) is 18.2 Å². The van der Waals surface area contributed by atoms with E-state index in [1.807, 2.05) is 13.8 Å². The molecule has 0 fully saturated rings. The Morgan fingerprint density at radius 3 is 2.35 bits per heavy atom. The van der Waals surface area contributed by atoms with Crippen LogP contribution in [0.1, 0.15) is 13.8 Å². The molecule has 5 nitrogen and oxygen atoms in total. The van der Waals surface area contributed by atoms with Crippen LogP contribution < -0.4 is 9.64 Å². The maximum absolute atomic E-state index is 14.1. The summed E-state index contributed by atoms with van der Waals surface area (Å²) in [5.41, 5.74) is 0.0245. The molecule has 1 amide bonds. The molecule has 0 aliphatic rings. The summed E-state index contributed by atoms with van der Waals surface area (Å²) in [6.45, 7) is 6.26. The summed E-state index contributed by atoms with van der Waals surface area (Å²) >= 11 is 1.04. The van der Waals surface area contributed by atoms with Gasteiger partial charge in [0.2, 0.25) is 0 Å². The van der Waals surface area contributed by atoms with Crippen molar-refractivity contribution in [3.63, 3.8) is 0 Å². The maximum atomic E-state index is 14.1. The number of ether oxygens (including phenoxy) is 1. The van der Waals surface area contributed by atoms with E-state index in [1.54, 1.807) is 0 Å². The molecule has 0 aliphatic heterocycles. The Morgan fingerprint density at radius 1 is 1.03 bits per heavy atom. The summed E-state index contributed by atoms with van der Waals surface area (Å²) in [6, 6.07) is 7.30. The van der Waals surface area contributed by atoms with Crippen molar-refractivity contribution < 1.29 is 22.7 Å². The second-order valence-corrected chi connectivity index (χ2v) is 7.55. The molecule has 0 unspecified atom stereocenters. The molecular formula is C21H23ClF3N3O2S. The van der Waals surface area contributed by atoms with Crippen LogP contribution in [0.25, 0.3) is 10.2 Å². The number of hydrogen-bond acceptors (Lipinski definition) is 5. The Kier molecular flexibility index (Phi) is 9.09. The zero-order chi connectivity index (χ0) is 21.7. The van der Waals surface area contributed by atoms with E-state index in [0.29, 0.717) is 23.5 Å². The van der Waals surface area contributed by atoms with Crippen LogP contribution >= 0.6 is 23.7 Å². The predicted molar refractivity (Wildman–Crippen MR) is 119 cm³/mol. The molecule has 0 N–H and O–H groups in total. The second-order valence-electron chi connectivity index (χ2n) is 6.55. The van der Waals surface area contributed by atoms with Crippen LogP contribution in [0.3, 0.4) is 0 Å². The van der Waals surface area contributed by atoms with E-state index in [9.17, 15) is 18.0 Å². The van der Waals surface area contributed by atoms with Gasteiger partial charge in [-0.1, -0.05) is 25.2 Å². The van der Waals surface area contributed by atoms with Crippen molar-refractivity contribution in [2.45, 2.75) is 13.8 Å². The number of nitrogens with zero attached hydrogens (tertiary/aromatic N) is 3. The standard InChI is InChI=1S/C21H22F3N3O2S.ClH/c1-3-26(4-2)9-10-27(19(28)13-29-16-7-5-14(22)6-8-16)21-25-20-17(24)11-15(23)12-18(20)30-21;/h5-8,11-12H,3-4,9-10,13H2,1-2H3;1H. The number of likely N-dealkylation sites (N-methyl/N-ethyl adjacent to an activating group) is 1. The summed E-state index contributed by atoms with van der Waals surface area (Å²) in [6.07, 6.45) is 0. The van der Waals surface area contributed by atoms with E-state index in [-0.39, 0.29) is 35.6 Å². The third kappa shape index (κ3) is 6.32. The van der Waals surface area contributed by atoms with Gasteiger partial charge in [0.1, 0.15) is 22.9 Å². The lowest BCUT2D eigenvalue weighted by molar-refractivity contribution is -0.120. The quantitative estimate of drug-likeness (QED) is 0.444.